The predicted molar refractivity (Wildman–Crippen MR) is 20.3 cm³/mol. The lowest BCUT2D eigenvalue weighted by molar-refractivity contribution is 0.262. The highest BCUT2D eigenvalue weighted by Gasteiger charge is 1.54. The van der Waals surface area contributed by atoms with Crippen LogP contribution in [0.1, 0.15) is 0 Å². The predicted octanol–water partition coefficient (Wildman–Crippen LogP) is 1.02. The smallest absolute Gasteiger partial charge is 0.0394 e. The van der Waals surface area contributed by atoms with Gasteiger partial charge < -0.3 is 5.21 Å². The molecule has 0 amide bonds. The van der Waals surface area contributed by atoms with Gasteiger partial charge in [-0.05, 0) is 0 Å². The first-order chi connectivity index (χ1) is 1.73. The van der Waals surface area contributed by atoms with E-state index in [1.54, 1.807) is 0 Å². The van der Waals surface area contributed by atoms with Crippen molar-refractivity contribution in [2.45, 2.75) is 0 Å². The lowest BCUT2D eigenvalue weighted by atomic mass is 13.4. The number of hydrogen-bond acceptors (Lipinski definition) is 2. The van der Waals surface area contributed by atoms with Gasteiger partial charge >= 0.3 is 0 Å². The molecule has 0 N–H and O–H groups in total. The van der Waals surface area contributed by atoms with E-state index in [2.05, 4.69) is 0 Å². The zero-order valence-corrected chi connectivity index (χ0v) is 3.77. The fourth-order valence-corrected chi connectivity index (χ4v) is 0. The summed E-state index contributed by atoms with van der Waals surface area (Å²) in [5.41, 5.74) is 0. The van der Waals surface area contributed by atoms with Crippen LogP contribution in [0, 0.1) is 5.21 Å². The van der Waals surface area contributed by atoms with Crippen LogP contribution in [0.5, 0.6) is 0 Å². The topological polar surface area (TPSA) is 26.3 Å². The van der Waals surface area contributed by atoms with E-state index in [0.29, 0.717) is 0 Å². The van der Waals surface area contributed by atoms with E-state index in [4.69, 9.17) is 5.21 Å². The molecule has 0 fully saturated rings. The number of nitrogens with zero attached hydrogens (tertiary/aromatic N) is 1. The van der Waals surface area contributed by atoms with Gasteiger partial charge in [0.25, 0.3) is 0 Å². The zero-order valence-electron chi connectivity index (χ0n) is 1.61. The Balaban J connectivity index is 2.32. The quantitative estimate of drug-likeness (QED) is 0.313. The third-order valence-electron chi connectivity index (χ3n) is 0. The summed E-state index contributed by atoms with van der Waals surface area (Å²) >= 11 is 0.954. The van der Waals surface area contributed by atoms with E-state index in [9.17, 15) is 4.48 Å². The van der Waals surface area contributed by atoms with Gasteiger partial charge in [-0.25, -0.2) is 0 Å². The van der Waals surface area contributed by atoms with Crippen LogP contribution in [-0.2, 0) is 0 Å². The summed E-state index contributed by atoms with van der Waals surface area (Å²) in [6.07, 6.45) is 0. The standard InChI is InChI=1S/FINO/c1-3(2)4/q-1. The van der Waals surface area contributed by atoms with Crippen molar-refractivity contribution in [1.29, 1.82) is 0 Å². The van der Waals surface area contributed by atoms with Crippen LogP contribution >= 0.6 is 22.9 Å². The Bertz CT molecular complexity index is 12.8. The Hall–Kier alpha value is 0.580. The van der Waals surface area contributed by atoms with E-state index in [1.165, 1.54) is 0 Å². The SMILES string of the molecule is [O-]N(F)I. The van der Waals surface area contributed by atoms with Crippen molar-refractivity contribution in [2.24, 2.45) is 0 Å². The molecule has 0 saturated heterocycles. The molecule has 0 aliphatic heterocycles. The molecule has 0 aliphatic rings. The van der Waals surface area contributed by atoms with Gasteiger partial charge in [-0.1, -0.05) is 0 Å². The molecule has 0 aromatic carbocycles. The maximum atomic E-state index is 10.3. The largest absolute Gasteiger partial charge is 0.749 e. The monoisotopic (exact) mass is 176 g/mol. The van der Waals surface area contributed by atoms with Crippen LogP contribution < -0.4 is 0 Å². The van der Waals surface area contributed by atoms with Crippen LogP contribution in [0.4, 0.5) is 4.48 Å². The van der Waals surface area contributed by atoms with E-state index < -0.39 is 3.50 Å². The van der Waals surface area contributed by atoms with Crippen LogP contribution in [-0.4, -0.2) is 3.50 Å². The van der Waals surface area contributed by atoms with Crippen molar-refractivity contribution in [3.63, 3.8) is 0 Å². The van der Waals surface area contributed by atoms with Crippen molar-refractivity contribution >= 4 is 22.9 Å². The summed E-state index contributed by atoms with van der Waals surface area (Å²) in [6.45, 7) is 0. The average Bonchev–Trinajstić information content (AvgIpc) is 0.811. The third kappa shape index (κ3) is 19.1. The minimum atomic E-state index is -0.780. The molecule has 0 unspecified atom stereocenters. The molecule has 0 aromatic rings. The molecule has 0 aromatic heterocycles. The molecule has 2 nitrogen and oxygen atoms in total. The molecule has 0 atom stereocenters. The Morgan fingerprint density at radius 2 is 2.00 bits per heavy atom. The summed E-state index contributed by atoms with van der Waals surface area (Å²) in [7, 11) is 0. The molecule has 0 spiro atoms. The van der Waals surface area contributed by atoms with Crippen molar-refractivity contribution in [1.82, 2.24) is 3.50 Å². The molecular weight excluding hydrogens is 176 g/mol. The Morgan fingerprint density at radius 3 is 2.00 bits per heavy atom. The molecule has 0 aliphatic carbocycles. The van der Waals surface area contributed by atoms with Crippen molar-refractivity contribution in [3.8, 4) is 0 Å². The molecule has 0 bridgehead atoms. The minimum absolute atomic E-state index is 0.780. The molecule has 26 valence electrons. The number of rotatable bonds is 0. The second-order valence-corrected chi connectivity index (χ2v) is 0.960. The van der Waals surface area contributed by atoms with Crippen LogP contribution in [0.25, 0.3) is 0 Å². The highest BCUT2D eigenvalue weighted by atomic mass is 127. The van der Waals surface area contributed by atoms with Gasteiger partial charge in [0.15, 0.2) is 0 Å². The maximum absolute atomic E-state index is 10.3. The normalized spacial score (nSPS) is 9.00. The summed E-state index contributed by atoms with van der Waals surface area (Å²) in [5, 5.41) is 8.68. The molecular formula is FINO-. The highest BCUT2D eigenvalue weighted by molar-refractivity contribution is 14.1. The van der Waals surface area contributed by atoms with Crippen molar-refractivity contribution < 1.29 is 4.48 Å². The summed E-state index contributed by atoms with van der Waals surface area (Å²) in [6, 6.07) is 0. The molecule has 4 heavy (non-hydrogen) atoms. The van der Waals surface area contributed by atoms with Gasteiger partial charge in [0.2, 0.25) is 0 Å². The molecule has 0 saturated carbocycles. The van der Waals surface area contributed by atoms with Gasteiger partial charge in [0.1, 0.15) is 0 Å². The molecule has 0 radical (unpaired) electrons. The van der Waals surface area contributed by atoms with Gasteiger partial charge in [0.05, 0.1) is 0 Å². The second kappa shape index (κ2) is 1.86. The van der Waals surface area contributed by atoms with E-state index in [-0.39, 0.29) is 0 Å². The first-order valence-electron chi connectivity index (χ1n) is 0.521. The summed E-state index contributed by atoms with van der Waals surface area (Å²) < 4.78 is 9.48. The van der Waals surface area contributed by atoms with Gasteiger partial charge in [-0.3, -0.25) is 0 Å². The van der Waals surface area contributed by atoms with Crippen molar-refractivity contribution in [3.05, 3.63) is 5.21 Å². The van der Waals surface area contributed by atoms with Gasteiger partial charge in [0, 0.05) is 22.9 Å². The fraction of sp³-hybridized carbons (Fsp3) is 0. The molecule has 4 heteroatoms. The molecule has 0 rings (SSSR count). The molecule has 0 heterocycles. The number of halogens is 2. The summed E-state index contributed by atoms with van der Waals surface area (Å²) in [5.74, 6) is 0. The Kier molecular flexibility index (Phi) is 2.13. The zero-order chi connectivity index (χ0) is 3.58. The van der Waals surface area contributed by atoms with Crippen LogP contribution in [0.2, 0.25) is 0 Å². The maximum Gasteiger partial charge on any atom is 0.0394 e. The van der Waals surface area contributed by atoms with Crippen LogP contribution in [0.15, 0.2) is 0 Å². The van der Waals surface area contributed by atoms with Crippen molar-refractivity contribution in [2.75, 3.05) is 0 Å². The van der Waals surface area contributed by atoms with E-state index in [0.717, 1.165) is 22.9 Å². The first-order valence-corrected chi connectivity index (χ1v) is 1.49. The fourth-order valence-electron chi connectivity index (χ4n) is 0. The van der Waals surface area contributed by atoms with Gasteiger partial charge in [-0.2, -0.15) is 3.50 Å². The first kappa shape index (κ1) is 4.58. The van der Waals surface area contributed by atoms with Crippen LogP contribution in [0.3, 0.4) is 0 Å². The lowest BCUT2D eigenvalue weighted by Gasteiger charge is -1.99. The highest BCUT2D eigenvalue weighted by Crippen LogP contribution is 1.89. The van der Waals surface area contributed by atoms with E-state index in [1.807, 2.05) is 0 Å². The average molecular weight is 176 g/mol. The Labute approximate surface area is 36.6 Å². The second-order valence-electron chi connectivity index (χ2n) is 0.202. The van der Waals surface area contributed by atoms with E-state index >= 15 is 0 Å². The summed E-state index contributed by atoms with van der Waals surface area (Å²) in [4.78, 5) is 0. The third-order valence-corrected chi connectivity index (χ3v) is 0. The minimum Gasteiger partial charge on any atom is -0.749 e. The Morgan fingerprint density at radius 1 is 2.00 bits per heavy atom. The lowest BCUT2D eigenvalue weighted by Crippen LogP contribution is -1.73. The van der Waals surface area contributed by atoms with Gasteiger partial charge in [-0.15, -0.1) is 4.48 Å². The number of hydrogen-bond donors (Lipinski definition) is 0.